The van der Waals surface area contributed by atoms with E-state index < -0.39 is 0 Å². The van der Waals surface area contributed by atoms with Crippen molar-refractivity contribution in [3.63, 3.8) is 0 Å². The van der Waals surface area contributed by atoms with E-state index in [0.717, 1.165) is 48.3 Å². The van der Waals surface area contributed by atoms with Crippen molar-refractivity contribution in [1.82, 2.24) is 10.2 Å². The van der Waals surface area contributed by atoms with Crippen LogP contribution >= 0.6 is 15.9 Å². The van der Waals surface area contributed by atoms with Crippen LogP contribution in [0, 0.1) is 5.92 Å². The van der Waals surface area contributed by atoms with Crippen molar-refractivity contribution in [3.8, 4) is 5.75 Å². The van der Waals surface area contributed by atoms with E-state index >= 15 is 0 Å². The van der Waals surface area contributed by atoms with Crippen molar-refractivity contribution in [2.75, 3.05) is 20.2 Å². The number of ether oxygens (including phenoxy) is 1. The van der Waals surface area contributed by atoms with Crippen molar-refractivity contribution >= 4 is 21.8 Å². The number of methoxy groups -OCH3 is 1. The fourth-order valence-corrected chi connectivity index (χ4v) is 3.90. The molecular formula is C22H27BrN2O2. The summed E-state index contributed by atoms with van der Waals surface area (Å²) in [6, 6.07) is 16.2. The summed E-state index contributed by atoms with van der Waals surface area (Å²) in [6.07, 6.45) is 1.81. The summed E-state index contributed by atoms with van der Waals surface area (Å²) in [7, 11) is 1.66. The maximum atomic E-state index is 12.7. The van der Waals surface area contributed by atoms with E-state index in [1.165, 1.54) is 5.56 Å². The molecule has 3 rings (SSSR count). The number of nitrogens with one attached hydrogen (secondary N) is 1. The fraction of sp³-hybridized carbons (Fsp3) is 0.409. The molecule has 144 valence electrons. The highest BCUT2D eigenvalue weighted by atomic mass is 79.9. The first kappa shape index (κ1) is 19.9. The number of nitrogens with zero attached hydrogens (tertiary/aromatic N) is 1. The molecule has 0 spiro atoms. The molecule has 0 unspecified atom stereocenters. The highest BCUT2D eigenvalue weighted by Gasteiger charge is 2.26. The quantitative estimate of drug-likeness (QED) is 0.730. The lowest BCUT2D eigenvalue weighted by Gasteiger charge is -2.32. The van der Waals surface area contributed by atoms with Crippen LogP contribution in [0.15, 0.2) is 53.0 Å². The third kappa shape index (κ3) is 5.33. The number of hydrogen-bond acceptors (Lipinski definition) is 3. The van der Waals surface area contributed by atoms with Gasteiger partial charge in [0.05, 0.1) is 13.2 Å². The van der Waals surface area contributed by atoms with Gasteiger partial charge in [-0.05, 0) is 56.6 Å². The van der Waals surface area contributed by atoms with E-state index in [2.05, 4.69) is 50.4 Å². The highest BCUT2D eigenvalue weighted by Crippen LogP contribution is 2.26. The number of carbonyl (C=O) groups excluding carboxylic acids is 1. The maximum Gasteiger partial charge on any atom is 0.223 e. The van der Waals surface area contributed by atoms with E-state index in [1.54, 1.807) is 7.11 Å². The van der Waals surface area contributed by atoms with Gasteiger partial charge in [0.1, 0.15) is 5.75 Å². The molecule has 0 radical (unpaired) electrons. The number of para-hydroxylation sites is 1. The Kier molecular flexibility index (Phi) is 6.91. The Bertz CT molecular complexity index is 755. The number of carbonyl (C=O) groups is 1. The lowest BCUT2D eigenvalue weighted by atomic mass is 9.94. The summed E-state index contributed by atoms with van der Waals surface area (Å²) in [4.78, 5) is 15.1. The first-order valence-electron chi connectivity index (χ1n) is 9.47. The first-order valence-corrected chi connectivity index (χ1v) is 10.3. The van der Waals surface area contributed by atoms with Crippen LogP contribution in [0.2, 0.25) is 0 Å². The molecule has 1 fully saturated rings. The summed E-state index contributed by atoms with van der Waals surface area (Å²) in [6.45, 7) is 4.87. The van der Waals surface area contributed by atoms with Gasteiger partial charge >= 0.3 is 0 Å². The predicted octanol–water partition coefficient (Wildman–Crippen LogP) is 4.55. The van der Waals surface area contributed by atoms with Crippen LogP contribution < -0.4 is 10.1 Å². The Hall–Kier alpha value is -1.85. The molecule has 0 saturated carbocycles. The molecule has 0 aliphatic carbocycles. The van der Waals surface area contributed by atoms with Crippen molar-refractivity contribution < 1.29 is 9.53 Å². The van der Waals surface area contributed by atoms with Gasteiger partial charge in [0.15, 0.2) is 0 Å². The minimum Gasteiger partial charge on any atom is -0.496 e. The van der Waals surface area contributed by atoms with Crippen molar-refractivity contribution in [2.24, 2.45) is 5.92 Å². The molecule has 1 aliphatic rings. The first-order chi connectivity index (χ1) is 13.1. The van der Waals surface area contributed by atoms with E-state index in [4.69, 9.17) is 4.74 Å². The summed E-state index contributed by atoms with van der Waals surface area (Å²) < 4.78 is 6.51. The van der Waals surface area contributed by atoms with E-state index in [-0.39, 0.29) is 17.9 Å². The normalized spacial score (nSPS) is 16.7. The zero-order chi connectivity index (χ0) is 19.2. The molecule has 2 aromatic carbocycles. The van der Waals surface area contributed by atoms with Crippen LogP contribution in [-0.4, -0.2) is 31.0 Å². The van der Waals surface area contributed by atoms with E-state index in [0.29, 0.717) is 0 Å². The third-order valence-electron chi connectivity index (χ3n) is 5.24. The fourth-order valence-electron chi connectivity index (χ4n) is 3.63. The van der Waals surface area contributed by atoms with Gasteiger partial charge < -0.3 is 10.1 Å². The number of rotatable bonds is 6. The van der Waals surface area contributed by atoms with Crippen LogP contribution in [0.25, 0.3) is 0 Å². The van der Waals surface area contributed by atoms with Gasteiger partial charge in [-0.3, -0.25) is 9.69 Å². The monoisotopic (exact) mass is 430 g/mol. The minimum atomic E-state index is -0.0607. The van der Waals surface area contributed by atoms with Crippen molar-refractivity contribution in [2.45, 2.75) is 32.4 Å². The SMILES string of the molecule is COc1ccccc1[C@H](C)NC(=O)C1CCN(Cc2ccc(Br)cc2)CC1. The van der Waals surface area contributed by atoms with Gasteiger partial charge in [0.2, 0.25) is 5.91 Å². The molecular weight excluding hydrogens is 404 g/mol. The van der Waals surface area contributed by atoms with Gasteiger partial charge in [-0.1, -0.05) is 46.3 Å². The number of piperidine rings is 1. The van der Waals surface area contributed by atoms with Gasteiger partial charge in [0.25, 0.3) is 0 Å². The van der Waals surface area contributed by atoms with Gasteiger partial charge in [-0.25, -0.2) is 0 Å². The molecule has 4 nitrogen and oxygen atoms in total. The lowest BCUT2D eigenvalue weighted by molar-refractivity contribution is -0.127. The van der Waals surface area contributed by atoms with Gasteiger partial charge in [-0.2, -0.15) is 0 Å². The summed E-state index contributed by atoms with van der Waals surface area (Å²) in [5, 5.41) is 3.17. The Balaban J connectivity index is 1.50. The lowest BCUT2D eigenvalue weighted by Crippen LogP contribution is -2.40. The number of halogens is 1. The van der Waals surface area contributed by atoms with E-state index in [1.807, 2.05) is 31.2 Å². The van der Waals surface area contributed by atoms with Crippen LogP contribution in [-0.2, 0) is 11.3 Å². The molecule has 1 saturated heterocycles. The van der Waals surface area contributed by atoms with Crippen LogP contribution in [0.5, 0.6) is 5.75 Å². The van der Waals surface area contributed by atoms with Crippen LogP contribution in [0.3, 0.4) is 0 Å². The Morgan fingerprint density at radius 2 is 1.85 bits per heavy atom. The molecule has 0 bridgehead atoms. The molecule has 27 heavy (non-hydrogen) atoms. The standard InChI is InChI=1S/C22H27BrN2O2/c1-16(20-5-3-4-6-21(20)27-2)24-22(26)18-11-13-25(14-12-18)15-17-7-9-19(23)10-8-17/h3-10,16,18H,11-15H2,1-2H3,(H,24,26)/t16-/m0/s1. The average molecular weight is 431 g/mol. The molecule has 1 N–H and O–H groups in total. The second-order valence-electron chi connectivity index (χ2n) is 7.15. The second-order valence-corrected chi connectivity index (χ2v) is 8.06. The van der Waals surface area contributed by atoms with Crippen molar-refractivity contribution in [3.05, 3.63) is 64.1 Å². The zero-order valence-electron chi connectivity index (χ0n) is 16.0. The number of hydrogen-bond donors (Lipinski definition) is 1. The largest absolute Gasteiger partial charge is 0.496 e. The molecule has 1 aliphatic heterocycles. The Morgan fingerprint density at radius 3 is 2.52 bits per heavy atom. The smallest absolute Gasteiger partial charge is 0.223 e. The Labute approximate surface area is 170 Å². The molecule has 0 aromatic heterocycles. The minimum absolute atomic E-state index is 0.0607. The predicted molar refractivity (Wildman–Crippen MR) is 112 cm³/mol. The number of benzene rings is 2. The van der Waals surface area contributed by atoms with Gasteiger partial charge in [-0.15, -0.1) is 0 Å². The number of amides is 1. The van der Waals surface area contributed by atoms with Crippen molar-refractivity contribution in [1.29, 1.82) is 0 Å². The average Bonchev–Trinajstić information content (AvgIpc) is 2.70. The molecule has 2 aromatic rings. The molecule has 1 atom stereocenters. The summed E-state index contributed by atoms with van der Waals surface area (Å²) in [5.41, 5.74) is 2.33. The zero-order valence-corrected chi connectivity index (χ0v) is 17.5. The van der Waals surface area contributed by atoms with Crippen LogP contribution in [0.1, 0.15) is 36.9 Å². The summed E-state index contributed by atoms with van der Waals surface area (Å²) >= 11 is 3.47. The van der Waals surface area contributed by atoms with Gasteiger partial charge in [0, 0.05) is 22.5 Å². The molecule has 1 heterocycles. The van der Waals surface area contributed by atoms with E-state index in [9.17, 15) is 4.79 Å². The number of likely N-dealkylation sites (tertiary alicyclic amines) is 1. The topological polar surface area (TPSA) is 41.6 Å². The maximum absolute atomic E-state index is 12.7. The molecule has 5 heteroatoms. The second kappa shape index (κ2) is 9.38. The summed E-state index contributed by atoms with van der Waals surface area (Å²) in [5.74, 6) is 1.05. The Morgan fingerprint density at radius 1 is 1.19 bits per heavy atom. The molecule has 1 amide bonds. The third-order valence-corrected chi connectivity index (χ3v) is 5.77. The highest BCUT2D eigenvalue weighted by molar-refractivity contribution is 9.10. The van der Waals surface area contributed by atoms with Crippen LogP contribution in [0.4, 0.5) is 0 Å².